The maximum atomic E-state index is 13.7. The van der Waals surface area contributed by atoms with Crippen LogP contribution in [0.25, 0.3) is 0 Å². The van der Waals surface area contributed by atoms with Crippen molar-refractivity contribution in [1.29, 1.82) is 0 Å². The molecular formula is C19H24FN3. The van der Waals surface area contributed by atoms with Crippen molar-refractivity contribution in [1.82, 2.24) is 0 Å². The summed E-state index contributed by atoms with van der Waals surface area (Å²) in [6.45, 7) is 4.85. The number of anilines is 3. The third-order valence-electron chi connectivity index (χ3n) is 4.50. The highest BCUT2D eigenvalue weighted by Gasteiger charge is 2.20. The summed E-state index contributed by atoms with van der Waals surface area (Å²) >= 11 is 0. The van der Waals surface area contributed by atoms with Gasteiger partial charge in [-0.2, -0.15) is 0 Å². The minimum atomic E-state index is -0.177. The lowest BCUT2D eigenvalue weighted by Gasteiger charge is -2.27. The van der Waals surface area contributed by atoms with Gasteiger partial charge in [-0.15, -0.1) is 0 Å². The lowest BCUT2D eigenvalue weighted by Crippen LogP contribution is -2.24. The summed E-state index contributed by atoms with van der Waals surface area (Å²) in [5.74, 6) is -0.177. The minimum absolute atomic E-state index is 0.177. The van der Waals surface area contributed by atoms with Gasteiger partial charge < -0.3 is 15.1 Å². The fourth-order valence-electron chi connectivity index (χ4n) is 3.28. The molecule has 0 bridgehead atoms. The predicted octanol–water partition coefficient (Wildman–Crippen LogP) is 4.02. The summed E-state index contributed by atoms with van der Waals surface area (Å²) in [5, 5.41) is 3.27. The number of hydrogen-bond acceptors (Lipinski definition) is 3. The van der Waals surface area contributed by atoms with Gasteiger partial charge in [-0.1, -0.05) is 17.7 Å². The van der Waals surface area contributed by atoms with Crippen LogP contribution in [0.1, 0.15) is 17.5 Å². The molecule has 0 unspecified atom stereocenters. The van der Waals surface area contributed by atoms with Gasteiger partial charge in [-0.05, 0) is 43.2 Å². The van der Waals surface area contributed by atoms with Crippen LogP contribution in [0.2, 0.25) is 0 Å². The fraction of sp³-hybridized carbons (Fsp3) is 0.368. The first-order chi connectivity index (χ1) is 11.1. The molecule has 1 aliphatic rings. The number of aryl methyl sites for hydroxylation is 1. The van der Waals surface area contributed by atoms with Crippen molar-refractivity contribution in [3.8, 4) is 0 Å². The predicted molar refractivity (Wildman–Crippen MR) is 96.1 cm³/mol. The van der Waals surface area contributed by atoms with E-state index >= 15 is 0 Å². The van der Waals surface area contributed by atoms with Crippen LogP contribution in [-0.2, 0) is 6.54 Å². The number of nitrogens with zero attached hydrogens (tertiary/aromatic N) is 2. The Morgan fingerprint density at radius 2 is 1.91 bits per heavy atom. The lowest BCUT2D eigenvalue weighted by molar-refractivity contribution is 0.627. The molecule has 0 fully saturated rings. The third kappa shape index (κ3) is 3.26. The van der Waals surface area contributed by atoms with Crippen molar-refractivity contribution in [3.05, 3.63) is 53.3 Å². The second-order valence-electron chi connectivity index (χ2n) is 6.24. The van der Waals surface area contributed by atoms with E-state index < -0.39 is 0 Å². The Kier molecular flexibility index (Phi) is 4.42. The Hall–Kier alpha value is -2.23. The quantitative estimate of drug-likeness (QED) is 0.923. The molecule has 0 atom stereocenters. The molecule has 0 saturated carbocycles. The van der Waals surface area contributed by atoms with Crippen molar-refractivity contribution in [3.63, 3.8) is 0 Å². The Morgan fingerprint density at radius 3 is 2.70 bits per heavy atom. The molecule has 122 valence electrons. The summed E-state index contributed by atoms with van der Waals surface area (Å²) < 4.78 is 13.7. The van der Waals surface area contributed by atoms with Crippen LogP contribution >= 0.6 is 0 Å². The summed E-state index contributed by atoms with van der Waals surface area (Å²) in [6, 6.07) is 11.6. The van der Waals surface area contributed by atoms with Crippen LogP contribution in [0.5, 0.6) is 0 Å². The molecule has 3 nitrogen and oxygen atoms in total. The third-order valence-corrected chi connectivity index (χ3v) is 4.50. The van der Waals surface area contributed by atoms with E-state index in [1.54, 1.807) is 12.1 Å². The molecule has 1 heterocycles. The molecule has 1 N–H and O–H groups in total. The molecule has 3 rings (SSSR count). The van der Waals surface area contributed by atoms with Gasteiger partial charge in [0.05, 0.1) is 11.4 Å². The Bertz CT molecular complexity index is 699. The first-order valence-electron chi connectivity index (χ1n) is 8.11. The minimum Gasteiger partial charge on any atom is -0.388 e. The van der Waals surface area contributed by atoms with Crippen LogP contribution in [0.3, 0.4) is 0 Å². The van der Waals surface area contributed by atoms with Gasteiger partial charge in [0.2, 0.25) is 0 Å². The first kappa shape index (κ1) is 15.7. The van der Waals surface area contributed by atoms with Crippen molar-refractivity contribution in [2.75, 3.05) is 42.3 Å². The lowest BCUT2D eigenvalue weighted by atomic mass is 10.1. The first-order valence-corrected chi connectivity index (χ1v) is 8.11. The summed E-state index contributed by atoms with van der Waals surface area (Å²) in [4.78, 5) is 4.50. The van der Waals surface area contributed by atoms with Crippen LogP contribution in [0, 0.1) is 12.7 Å². The smallest absolute Gasteiger partial charge is 0.125 e. The monoisotopic (exact) mass is 313 g/mol. The molecule has 2 aromatic rings. The molecule has 0 radical (unpaired) electrons. The zero-order valence-corrected chi connectivity index (χ0v) is 14.1. The van der Waals surface area contributed by atoms with Gasteiger partial charge in [-0.25, -0.2) is 4.39 Å². The highest BCUT2D eigenvalue weighted by Crippen LogP contribution is 2.34. The number of rotatable bonds is 3. The highest BCUT2D eigenvalue weighted by molar-refractivity contribution is 5.72. The van der Waals surface area contributed by atoms with Gasteiger partial charge >= 0.3 is 0 Å². The number of nitrogens with one attached hydrogen (secondary N) is 1. The van der Waals surface area contributed by atoms with E-state index in [0.717, 1.165) is 43.1 Å². The van der Waals surface area contributed by atoms with Crippen molar-refractivity contribution < 1.29 is 4.39 Å². The number of benzene rings is 2. The van der Waals surface area contributed by atoms with Gasteiger partial charge in [0, 0.05) is 39.4 Å². The second-order valence-corrected chi connectivity index (χ2v) is 6.24. The standard InChI is InChI=1S/C19H24FN3/c1-14-5-7-17(21-2)15(11-14)13-23-10-4-9-22(3)19-12-16(20)6-8-18(19)23/h5-8,11-12,21H,4,9-10,13H2,1-3H3. The maximum absolute atomic E-state index is 13.7. The van der Waals surface area contributed by atoms with E-state index in [9.17, 15) is 4.39 Å². The topological polar surface area (TPSA) is 18.5 Å². The molecule has 4 heteroatoms. The van der Waals surface area contributed by atoms with Crippen LogP contribution in [0.4, 0.5) is 21.5 Å². The molecule has 2 aromatic carbocycles. The molecule has 23 heavy (non-hydrogen) atoms. The van der Waals surface area contributed by atoms with E-state index in [-0.39, 0.29) is 5.82 Å². The number of hydrogen-bond donors (Lipinski definition) is 1. The van der Waals surface area contributed by atoms with E-state index in [4.69, 9.17) is 0 Å². The van der Waals surface area contributed by atoms with Crippen molar-refractivity contribution in [2.24, 2.45) is 0 Å². The average Bonchev–Trinajstić information content (AvgIpc) is 2.67. The molecule has 0 aliphatic carbocycles. The number of fused-ring (bicyclic) bond motifs is 1. The van der Waals surface area contributed by atoms with Gasteiger partial charge in [0.15, 0.2) is 0 Å². The molecular weight excluding hydrogens is 289 g/mol. The summed E-state index contributed by atoms with van der Waals surface area (Å²) in [5.41, 5.74) is 5.76. The Labute approximate surface area is 137 Å². The van der Waals surface area contributed by atoms with E-state index in [2.05, 4.69) is 40.2 Å². The Balaban J connectivity index is 1.97. The normalized spacial score (nSPS) is 14.4. The SMILES string of the molecule is CNc1ccc(C)cc1CN1CCCN(C)c2cc(F)ccc21. The fourth-order valence-corrected chi connectivity index (χ4v) is 3.28. The maximum Gasteiger partial charge on any atom is 0.125 e. The van der Waals surface area contributed by atoms with Crippen LogP contribution in [0.15, 0.2) is 36.4 Å². The molecule has 1 aliphatic heterocycles. The van der Waals surface area contributed by atoms with E-state index in [1.165, 1.54) is 11.1 Å². The van der Waals surface area contributed by atoms with Gasteiger partial charge in [-0.3, -0.25) is 0 Å². The average molecular weight is 313 g/mol. The van der Waals surface area contributed by atoms with E-state index in [0.29, 0.717) is 0 Å². The largest absolute Gasteiger partial charge is 0.388 e. The summed E-state index contributed by atoms with van der Waals surface area (Å²) in [7, 11) is 3.99. The molecule has 0 amide bonds. The molecule has 0 aromatic heterocycles. The van der Waals surface area contributed by atoms with Gasteiger partial charge in [0.1, 0.15) is 5.82 Å². The molecule has 0 saturated heterocycles. The van der Waals surface area contributed by atoms with Crippen molar-refractivity contribution >= 4 is 17.1 Å². The Morgan fingerprint density at radius 1 is 1.09 bits per heavy atom. The summed E-state index contributed by atoms with van der Waals surface area (Å²) in [6.07, 6.45) is 1.06. The second kappa shape index (κ2) is 6.49. The highest BCUT2D eigenvalue weighted by atomic mass is 19.1. The van der Waals surface area contributed by atoms with Crippen molar-refractivity contribution in [2.45, 2.75) is 19.9 Å². The van der Waals surface area contributed by atoms with E-state index in [1.807, 2.05) is 20.2 Å². The zero-order chi connectivity index (χ0) is 16.4. The van der Waals surface area contributed by atoms with Gasteiger partial charge in [0.25, 0.3) is 0 Å². The number of halogens is 1. The van der Waals surface area contributed by atoms with Crippen LogP contribution < -0.4 is 15.1 Å². The van der Waals surface area contributed by atoms with Crippen LogP contribution in [-0.4, -0.2) is 27.2 Å². The zero-order valence-electron chi connectivity index (χ0n) is 14.1. The molecule has 0 spiro atoms.